The van der Waals surface area contributed by atoms with Crippen LogP contribution in [0.1, 0.15) is 31.9 Å². The van der Waals surface area contributed by atoms with E-state index in [2.05, 4.69) is 10.6 Å². The van der Waals surface area contributed by atoms with Crippen molar-refractivity contribution in [3.05, 3.63) is 52.5 Å². The first-order valence-corrected chi connectivity index (χ1v) is 10.5. The standard InChI is InChI=1S/C23H29ClN2O5/c1-5-30-19-11-16(12-25-21(14(2)3)23(28)29)10-18(24)22(19)31-13-20(27)26-17-8-6-15(4)7-9-17/h6-11,14,21,25H,5,12-13H2,1-4H3,(H,26,27)(H,28,29). The van der Waals surface area contributed by atoms with Crippen LogP contribution < -0.4 is 20.1 Å². The second-order valence-electron chi connectivity index (χ2n) is 7.48. The lowest BCUT2D eigenvalue weighted by molar-refractivity contribution is -0.140. The van der Waals surface area contributed by atoms with E-state index in [9.17, 15) is 14.7 Å². The summed E-state index contributed by atoms with van der Waals surface area (Å²) in [5.74, 6) is -0.648. The first-order chi connectivity index (χ1) is 14.7. The van der Waals surface area contributed by atoms with E-state index in [1.54, 1.807) is 12.1 Å². The van der Waals surface area contributed by atoms with Gasteiger partial charge in [-0.25, -0.2) is 0 Å². The first kappa shape index (κ1) is 24.5. The number of hydrogen-bond donors (Lipinski definition) is 3. The van der Waals surface area contributed by atoms with Gasteiger partial charge in [0.25, 0.3) is 5.91 Å². The summed E-state index contributed by atoms with van der Waals surface area (Å²) in [6.07, 6.45) is 0. The van der Waals surface area contributed by atoms with Crippen LogP contribution in [0.25, 0.3) is 0 Å². The average Bonchev–Trinajstić information content (AvgIpc) is 2.69. The third-order valence-electron chi connectivity index (χ3n) is 4.51. The van der Waals surface area contributed by atoms with Crippen molar-refractivity contribution in [3.63, 3.8) is 0 Å². The van der Waals surface area contributed by atoms with Crippen LogP contribution >= 0.6 is 11.6 Å². The summed E-state index contributed by atoms with van der Waals surface area (Å²) >= 11 is 6.39. The molecule has 0 aliphatic rings. The molecule has 0 saturated carbocycles. The number of amides is 1. The molecule has 0 aliphatic carbocycles. The van der Waals surface area contributed by atoms with Gasteiger partial charge in [0, 0.05) is 12.2 Å². The minimum Gasteiger partial charge on any atom is -0.490 e. The minimum atomic E-state index is -0.911. The van der Waals surface area contributed by atoms with E-state index in [0.717, 1.165) is 11.1 Å². The molecule has 1 atom stereocenters. The third-order valence-corrected chi connectivity index (χ3v) is 4.79. The number of halogens is 1. The maximum absolute atomic E-state index is 12.2. The number of ether oxygens (including phenoxy) is 2. The van der Waals surface area contributed by atoms with Gasteiger partial charge in [0.2, 0.25) is 0 Å². The zero-order valence-corrected chi connectivity index (χ0v) is 19.0. The molecule has 3 N–H and O–H groups in total. The number of carboxylic acid groups (broad SMARTS) is 1. The lowest BCUT2D eigenvalue weighted by atomic mass is 10.0. The molecular weight excluding hydrogens is 420 g/mol. The number of carboxylic acids is 1. The van der Waals surface area contributed by atoms with Gasteiger partial charge in [0.05, 0.1) is 11.6 Å². The van der Waals surface area contributed by atoms with Crippen molar-refractivity contribution in [1.29, 1.82) is 0 Å². The number of aliphatic carboxylic acids is 1. The number of hydrogen-bond acceptors (Lipinski definition) is 5. The fourth-order valence-electron chi connectivity index (χ4n) is 2.93. The molecule has 1 unspecified atom stereocenters. The number of benzene rings is 2. The van der Waals surface area contributed by atoms with E-state index in [4.69, 9.17) is 21.1 Å². The molecule has 0 radical (unpaired) electrons. The molecular formula is C23H29ClN2O5. The Morgan fingerprint density at radius 3 is 2.39 bits per heavy atom. The van der Waals surface area contributed by atoms with Crippen LogP contribution in [0.5, 0.6) is 11.5 Å². The predicted octanol–water partition coefficient (Wildman–Crippen LogP) is 4.26. The second kappa shape index (κ2) is 11.6. The number of aryl methyl sites for hydroxylation is 1. The Balaban J connectivity index is 2.07. The molecule has 0 aliphatic heterocycles. The van der Waals surface area contributed by atoms with Gasteiger partial charge in [-0.05, 0) is 49.6 Å². The lowest BCUT2D eigenvalue weighted by Gasteiger charge is -2.19. The molecule has 7 nitrogen and oxygen atoms in total. The van der Waals surface area contributed by atoms with Gasteiger partial charge in [-0.2, -0.15) is 0 Å². The quantitative estimate of drug-likeness (QED) is 0.475. The number of carbonyl (C=O) groups is 2. The van der Waals surface area contributed by atoms with Crippen LogP contribution in [0.15, 0.2) is 36.4 Å². The Kier molecular flexibility index (Phi) is 9.15. The maximum Gasteiger partial charge on any atom is 0.320 e. The number of nitrogens with one attached hydrogen (secondary N) is 2. The van der Waals surface area contributed by atoms with Crippen molar-refractivity contribution in [3.8, 4) is 11.5 Å². The fourth-order valence-corrected chi connectivity index (χ4v) is 3.22. The van der Waals surface area contributed by atoms with Gasteiger partial charge < -0.3 is 25.2 Å². The van der Waals surface area contributed by atoms with Crippen molar-refractivity contribution in [1.82, 2.24) is 5.32 Å². The van der Waals surface area contributed by atoms with Gasteiger partial charge in [-0.3, -0.25) is 9.59 Å². The summed E-state index contributed by atoms with van der Waals surface area (Å²) in [6, 6.07) is 10.2. The van der Waals surface area contributed by atoms with Gasteiger partial charge >= 0.3 is 5.97 Å². The molecule has 0 heterocycles. The Bertz CT molecular complexity index is 900. The minimum absolute atomic E-state index is 0.0750. The van der Waals surface area contributed by atoms with Crippen LogP contribution in [0, 0.1) is 12.8 Å². The highest BCUT2D eigenvalue weighted by atomic mass is 35.5. The molecule has 2 aromatic rings. The highest BCUT2D eigenvalue weighted by molar-refractivity contribution is 6.32. The highest BCUT2D eigenvalue weighted by Gasteiger charge is 2.21. The Labute approximate surface area is 187 Å². The molecule has 2 rings (SSSR count). The number of anilines is 1. The molecule has 0 aromatic heterocycles. The lowest BCUT2D eigenvalue weighted by Crippen LogP contribution is -2.40. The molecule has 31 heavy (non-hydrogen) atoms. The molecule has 1 amide bonds. The van der Waals surface area contributed by atoms with Gasteiger partial charge in [-0.1, -0.05) is 43.1 Å². The molecule has 168 valence electrons. The van der Waals surface area contributed by atoms with Crippen molar-refractivity contribution in [2.75, 3.05) is 18.5 Å². The number of rotatable bonds is 11. The Hall–Kier alpha value is -2.77. The summed E-state index contributed by atoms with van der Waals surface area (Å²) in [4.78, 5) is 23.6. The fraction of sp³-hybridized carbons (Fsp3) is 0.391. The average molecular weight is 449 g/mol. The van der Waals surface area contributed by atoms with E-state index in [0.29, 0.717) is 24.6 Å². The maximum atomic E-state index is 12.2. The molecule has 2 aromatic carbocycles. The number of carbonyl (C=O) groups excluding carboxylic acids is 1. The monoisotopic (exact) mass is 448 g/mol. The van der Waals surface area contributed by atoms with Crippen LogP contribution in [-0.4, -0.2) is 36.2 Å². The second-order valence-corrected chi connectivity index (χ2v) is 7.89. The van der Waals surface area contributed by atoms with Crippen molar-refractivity contribution < 1.29 is 24.2 Å². The zero-order valence-electron chi connectivity index (χ0n) is 18.2. The van der Waals surface area contributed by atoms with E-state index in [1.807, 2.05) is 52.0 Å². The molecule has 0 bridgehead atoms. The summed E-state index contributed by atoms with van der Waals surface area (Å²) in [5.41, 5.74) is 2.52. The summed E-state index contributed by atoms with van der Waals surface area (Å²) in [7, 11) is 0. The topological polar surface area (TPSA) is 96.9 Å². The van der Waals surface area contributed by atoms with Crippen LogP contribution in [0.2, 0.25) is 5.02 Å². The van der Waals surface area contributed by atoms with E-state index >= 15 is 0 Å². The van der Waals surface area contributed by atoms with Crippen molar-refractivity contribution >= 4 is 29.2 Å². The third kappa shape index (κ3) is 7.45. The molecule has 0 saturated heterocycles. The normalized spacial score (nSPS) is 11.8. The predicted molar refractivity (Wildman–Crippen MR) is 121 cm³/mol. The Morgan fingerprint density at radius 1 is 1.13 bits per heavy atom. The van der Waals surface area contributed by atoms with Crippen LogP contribution in [-0.2, 0) is 16.1 Å². The van der Waals surface area contributed by atoms with Gasteiger partial charge in [0.1, 0.15) is 6.04 Å². The smallest absolute Gasteiger partial charge is 0.320 e. The zero-order chi connectivity index (χ0) is 23.0. The van der Waals surface area contributed by atoms with E-state index in [-0.39, 0.29) is 29.2 Å². The van der Waals surface area contributed by atoms with E-state index in [1.165, 1.54) is 0 Å². The van der Waals surface area contributed by atoms with E-state index < -0.39 is 12.0 Å². The molecule has 0 fully saturated rings. The SMILES string of the molecule is CCOc1cc(CNC(C(=O)O)C(C)C)cc(Cl)c1OCC(=O)Nc1ccc(C)cc1. The summed E-state index contributed by atoms with van der Waals surface area (Å²) in [5, 5.41) is 15.4. The van der Waals surface area contributed by atoms with Crippen LogP contribution in [0.4, 0.5) is 5.69 Å². The summed E-state index contributed by atoms with van der Waals surface area (Å²) in [6.45, 7) is 7.90. The van der Waals surface area contributed by atoms with Gasteiger partial charge in [-0.15, -0.1) is 0 Å². The molecule has 8 heteroatoms. The van der Waals surface area contributed by atoms with Gasteiger partial charge in [0.15, 0.2) is 18.1 Å². The highest BCUT2D eigenvalue weighted by Crippen LogP contribution is 2.36. The van der Waals surface area contributed by atoms with Crippen LogP contribution in [0.3, 0.4) is 0 Å². The summed E-state index contributed by atoms with van der Waals surface area (Å²) < 4.78 is 11.3. The van der Waals surface area contributed by atoms with Crippen molar-refractivity contribution in [2.45, 2.75) is 40.3 Å². The first-order valence-electron chi connectivity index (χ1n) is 10.1. The largest absolute Gasteiger partial charge is 0.490 e. The molecule has 0 spiro atoms. The van der Waals surface area contributed by atoms with Crippen molar-refractivity contribution in [2.24, 2.45) is 5.92 Å². The Morgan fingerprint density at radius 2 is 1.81 bits per heavy atom.